The zero-order valence-corrected chi connectivity index (χ0v) is 24.0. The molecule has 3 N–H and O–H groups in total. The van der Waals surface area contributed by atoms with Crippen LogP contribution in [-0.2, 0) is 9.53 Å². The summed E-state index contributed by atoms with van der Waals surface area (Å²) in [6.07, 6.45) is 1.77. The Morgan fingerprint density at radius 3 is 2.49 bits per heavy atom. The number of aromatic carboxylic acids is 1. The van der Waals surface area contributed by atoms with Crippen molar-refractivity contribution in [3.8, 4) is 5.69 Å². The van der Waals surface area contributed by atoms with Crippen LogP contribution in [0.5, 0.6) is 0 Å². The number of hydrogen-bond acceptors (Lipinski definition) is 5. The number of thiocarbonyl (C=S) groups is 1. The second-order valence-electron chi connectivity index (χ2n) is 9.99. The quantitative estimate of drug-likeness (QED) is 0.247. The number of pyridine rings is 1. The Morgan fingerprint density at radius 1 is 1.07 bits per heavy atom. The number of amides is 1. The number of carboxylic acids is 1. The minimum absolute atomic E-state index is 0.0276. The van der Waals surface area contributed by atoms with E-state index in [-0.39, 0.29) is 30.2 Å². The molecular weight excluding hydrogens is 538 g/mol. The Morgan fingerprint density at radius 2 is 1.83 bits per heavy atom. The van der Waals surface area contributed by atoms with Gasteiger partial charge in [0.2, 0.25) is 5.91 Å². The zero-order chi connectivity index (χ0) is 29.3. The molecular formula is C31H31N5O4S. The van der Waals surface area contributed by atoms with Crippen molar-refractivity contribution in [2.24, 2.45) is 0 Å². The van der Waals surface area contributed by atoms with Crippen LogP contribution in [0.15, 0.2) is 72.9 Å². The number of rotatable bonds is 8. The first kappa shape index (κ1) is 28.0. The number of nitrogens with zero attached hydrogens (tertiary/aromatic N) is 3. The molecule has 2 aromatic heterocycles. The van der Waals surface area contributed by atoms with E-state index >= 15 is 0 Å². The number of benzene rings is 2. The lowest BCUT2D eigenvalue weighted by molar-refractivity contribution is -0.119. The van der Waals surface area contributed by atoms with Crippen LogP contribution in [-0.4, -0.2) is 45.4 Å². The molecule has 210 valence electrons. The smallest absolute Gasteiger partial charge is 0.335 e. The number of carbonyl (C=O) groups is 2. The lowest BCUT2D eigenvalue weighted by Crippen LogP contribution is -2.29. The van der Waals surface area contributed by atoms with Crippen molar-refractivity contribution >= 4 is 40.6 Å². The average molecular weight is 570 g/mol. The number of aryl methyl sites for hydroxylation is 2. The molecule has 0 spiro atoms. The summed E-state index contributed by atoms with van der Waals surface area (Å²) in [6, 6.07) is 20.1. The molecule has 1 fully saturated rings. The maximum absolute atomic E-state index is 12.0. The van der Waals surface area contributed by atoms with Gasteiger partial charge in [0.15, 0.2) is 5.11 Å². The van der Waals surface area contributed by atoms with E-state index in [0.29, 0.717) is 10.8 Å². The van der Waals surface area contributed by atoms with Crippen LogP contribution < -0.4 is 15.5 Å². The Hall–Kier alpha value is -4.54. The number of carboxylic acid groups (broad SMARTS) is 1. The maximum atomic E-state index is 12.0. The SMILES string of the molecule is COCC(=O)Nc1ccc(N2C(=S)N[C@H](c3ccccn3)[C@@H]2c2cc(C)n(-c3cc(C(=O)O)ccc3C)c2C)cc1. The third-order valence-corrected chi connectivity index (χ3v) is 7.60. The molecule has 10 heteroatoms. The largest absolute Gasteiger partial charge is 0.478 e. The van der Waals surface area contributed by atoms with E-state index in [0.717, 1.165) is 39.6 Å². The summed E-state index contributed by atoms with van der Waals surface area (Å²) < 4.78 is 7.01. The minimum atomic E-state index is -0.970. The van der Waals surface area contributed by atoms with Gasteiger partial charge in [-0.25, -0.2) is 4.79 Å². The van der Waals surface area contributed by atoms with E-state index < -0.39 is 5.97 Å². The number of anilines is 2. The van der Waals surface area contributed by atoms with Crippen LogP contribution >= 0.6 is 12.2 Å². The third kappa shape index (κ3) is 5.44. The van der Waals surface area contributed by atoms with Gasteiger partial charge in [-0.2, -0.15) is 0 Å². The fraction of sp³-hybridized carbons (Fsp3) is 0.226. The van der Waals surface area contributed by atoms with Crippen LogP contribution in [0.2, 0.25) is 0 Å². The highest BCUT2D eigenvalue weighted by atomic mass is 32.1. The second-order valence-corrected chi connectivity index (χ2v) is 10.4. The summed E-state index contributed by atoms with van der Waals surface area (Å²) in [6.45, 7) is 6.00. The number of hydrogen-bond donors (Lipinski definition) is 3. The lowest BCUT2D eigenvalue weighted by atomic mass is 9.96. The van der Waals surface area contributed by atoms with E-state index in [4.69, 9.17) is 17.0 Å². The monoisotopic (exact) mass is 569 g/mol. The molecule has 3 heterocycles. The van der Waals surface area contributed by atoms with Gasteiger partial charge in [-0.05, 0) is 98.7 Å². The van der Waals surface area contributed by atoms with Crippen molar-refractivity contribution in [3.63, 3.8) is 0 Å². The van der Waals surface area contributed by atoms with Gasteiger partial charge in [-0.3, -0.25) is 9.78 Å². The van der Waals surface area contributed by atoms with Crippen molar-refractivity contribution in [2.75, 3.05) is 23.9 Å². The van der Waals surface area contributed by atoms with E-state index in [9.17, 15) is 14.7 Å². The topological polar surface area (TPSA) is 109 Å². The van der Waals surface area contributed by atoms with Gasteiger partial charge in [0.1, 0.15) is 6.61 Å². The van der Waals surface area contributed by atoms with Crippen LogP contribution in [0.3, 0.4) is 0 Å². The molecule has 0 unspecified atom stereocenters. The zero-order valence-electron chi connectivity index (χ0n) is 23.2. The van der Waals surface area contributed by atoms with Crippen molar-refractivity contribution in [3.05, 3.63) is 107 Å². The highest BCUT2D eigenvalue weighted by Gasteiger charge is 2.42. The van der Waals surface area contributed by atoms with E-state index in [2.05, 4.69) is 31.2 Å². The standard InChI is InChI=1S/C31H31N5O4S/c1-18-8-9-21(30(38)39)16-26(18)35-19(2)15-24(20(35)3)29-28(25-7-5-6-14-32-25)34-31(41)36(29)23-12-10-22(11-13-23)33-27(37)17-40-4/h5-16,28-29H,17H2,1-4H3,(H,33,37)(H,34,41)(H,38,39)/t28-,29+/m1/s1. The average Bonchev–Trinajstić information content (AvgIpc) is 3.44. The van der Waals surface area contributed by atoms with Crippen LogP contribution in [0.4, 0.5) is 11.4 Å². The summed E-state index contributed by atoms with van der Waals surface area (Å²) in [5.74, 6) is -1.20. The van der Waals surface area contributed by atoms with Gasteiger partial charge in [-0.1, -0.05) is 12.1 Å². The summed E-state index contributed by atoms with van der Waals surface area (Å²) in [5.41, 5.74) is 7.33. The molecule has 1 aliphatic rings. The number of aromatic nitrogens is 2. The Balaban J connectivity index is 1.61. The fourth-order valence-corrected chi connectivity index (χ4v) is 5.77. The summed E-state index contributed by atoms with van der Waals surface area (Å²) >= 11 is 5.89. The Bertz CT molecular complexity index is 1620. The maximum Gasteiger partial charge on any atom is 0.335 e. The molecule has 0 bridgehead atoms. The molecule has 1 aliphatic heterocycles. The van der Waals surface area contributed by atoms with Gasteiger partial charge in [0.25, 0.3) is 0 Å². The first-order valence-corrected chi connectivity index (χ1v) is 13.5. The molecule has 2 aromatic carbocycles. The first-order valence-electron chi connectivity index (χ1n) is 13.1. The van der Waals surface area contributed by atoms with E-state index in [1.165, 1.54) is 7.11 Å². The van der Waals surface area contributed by atoms with Gasteiger partial charge in [0, 0.05) is 41.8 Å². The number of ether oxygens (including phenoxy) is 1. The molecule has 4 aromatic rings. The van der Waals surface area contributed by atoms with Gasteiger partial charge >= 0.3 is 5.97 Å². The highest BCUT2D eigenvalue weighted by Crippen LogP contribution is 2.44. The minimum Gasteiger partial charge on any atom is -0.478 e. The van der Waals surface area contributed by atoms with Gasteiger partial charge in [0.05, 0.1) is 23.3 Å². The molecule has 41 heavy (non-hydrogen) atoms. The highest BCUT2D eigenvalue weighted by molar-refractivity contribution is 7.80. The fourth-order valence-electron chi connectivity index (χ4n) is 5.42. The third-order valence-electron chi connectivity index (χ3n) is 7.29. The number of carbonyl (C=O) groups excluding carboxylic acids is 1. The molecule has 1 saturated heterocycles. The van der Waals surface area contributed by atoms with Crippen molar-refractivity contribution in [2.45, 2.75) is 32.9 Å². The van der Waals surface area contributed by atoms with E-state index in [1.807, 2.05) is 69.3 Å². The molecule has 9 nitrogen and oxygen atoms in total. The normalized spacial score (nSPS) is 16.5. The Kier molecular flexibility index (Phi) is 7.87. The molecule has 0 saturated carbocycles. The molecule has 1 amide bonds. The number of nitrogens with one attached hydrogen (secondary N) is 2. The summed E-state index contributed by atoms with van der Waals surface area (Å²) in [7, 11) is 1.48. The molecule has 0 radical (unpaired) electrons. The van der Waals surface area contributed by atoms with Crippen LogP contribution in [0.25, 0.3) is 5.69 Å². The second kappa shape index (κ2) is 11.5. The van der Waals surface area contributed by atoms with E-state index in [1.54, 1.807) is 18.3 Å². The Labute approximate surface area is 243 Å². The van der Waals surface area contributed by atoms with Crippen LogP contribution in [0, 0.1) is 20.8 Å². The number of methoxy groups -OCH3 is 1. The predicted octanol–water partition coefficient (Wildman–Crippen LogP) is 5.26. The van der Waals surface area contributed by atoms with Crippen molar-refractivity contribution in [1.82, 2.24) is 14.9 Å². The molecule has 0 aliphatic carbocycles. The van der Waals surface area contributed by atoms with Crippen molar-refractivity contribution in [1.29, 1.82) is 0 Å². The molecule has 2 atom stereocenters. The molecule has 5 rings (SSSR count). The van der Waals surface area contributed by atoms with Crippen molar-refractivity contribution < 1.29 is 19.4 Å². The predicted molar refractivity (Wildman–Crippen MR) is 162 cm³/mol. The first-order chi connectivity index (χ1) is 19.7. The summed E-state index contributed by atoms with van der Waals surface area (Å²) in [5, 5.41) is 16.5. The van der Waals surface area contributed by atoms with Crippen LogP contribution in [0.1, 0.15) is 50.7 Å². The summed E-state index contributed by atoms with van der Waals surface area (Å²) in [4.78, 5) is 30.5. The lowest BCUT2D eigenvalue weighted by Gasteiger charge is -2.28. The van der Waals surface area contributed by atoms with Gasteiger partial charge in [-0.15, -0.1) is 0 Å². The van der Waals surface area contributed by atoms with Gasteiger partial charge < -0.3 is 29.9 Å².